The first-order valence-electron chi connectivity index (χ1n) is 5.84. The van der Waals surface area contributed by atoms with E-state index >= 15 is 0 Å². The monoisotopic (exact) mass is 204 g/mol. The molecule has 1 aromatic rings. The van der Waals surface area contributed by atoms with Gasteiger partial charge in [-0.1, -0.05) is 19.3 Å². The summed E-state index contributed by atoms with van der Waals surface area (Å²) in [5.41, 5.74) is 15.9. The molecule has 1 aliphatic rings. The molecule has 0 bridgehead atoms. The van der Waals surface area contributed by atoms with Crippen LogP contribution in [-0.4, -0.2) is 0 Å². The van der Waals surface area contributed by atoms with E-state index in [1.54, 1.807) is 0 Å². The van der Waals surface area contributed by atoms with Gasteiger partial charge in [0.2, 0.25) is 0 Å². The van der Waals surface area contributed by atoms with Crippen molar-refractivity contribution >= 4 is 11.4 Å². The standard InChI is InChI=1S/C13H20N2/c1-9-12(14)7-11(8-13(9)15)10-5-3-2-4-6-10/h7-8,10H,2-6,14-15H2,1H3. The summed E-state index contributed by atoms with van der Waals surface area (Å²) in [6, 6.07) is 4.23. The molecule has 4 N–H and O–H groups in total. The van der Waals surface area contributed by atoms with Crippen LogP contribution in [0.4, 0.5) is 11.4 Å². The van der Waals surface area contributed by atoms with Crippen LogP contribution in [0.3, 0.4) is 0 Å². The highest BCUT2D eigenvalue weighted by Crippen LogP contribution is 2.35. The Morgan fingerprint density at radius 3 is 2.07 bits per heavy atom. The summed E-state index contributed by atoms with van der Waals surface area (Å²) >= 11 is 0. The van der Waals surface area contributed by atoms with Crippen molar-refractivity contribution in [3.05, 3.63) is 23.3 Å². The Labute approximate surface area is 91.7 Å². The smallest absolute Gasteiger partial charge is 0.0367 e. The predicted octanol–water partition coefficient (Wildman–Crippen LogP) is 3.21. The van der Waals surface area contributed by atoms with Crippen LogP contribution in [0, 0.1) is 6.92 Å². The lowest BCUT2D eigenvalue weighted by Gasteiger charge is -2.23. The largest absolute Gasteiger partial charge is 0.398 e. The fraction of sp³-hybridized carbons (Fsp3) is 0.538. The van der Waals surface area contributed by atoms with Crippen molar-refractivity contribution in [3.8, 4) is 0 Å². The summed E-state index contributed by atoms with van der Waals surface area (Å²) in [5, 5.41) is 0. The number of nitrogens with two attached hydrogens (primary N) is 2. The van der Waals surface area contributed by atoms with Gasteiger partial charge in [0.15, 0.2) is 0 Å². The minimum absolute atomic E-state index is 0.684. The molecule has 2 nitrogen and oxygen atoms in total. The van der Waals surface area contributed by atoms with Crippen molar-refractivity contribution < 1.29 is 0 Å². The van der Waals surface area contributed by atoms with Crippen molar-refractivity contribution in [2.75, 3.05) is 11.5 Å². The third-order valence-electron chi connectivity index (χ3n) is 3.59. The molecule has 15 heavy (non-hydrogen) atoms. The van der Waals surface area contributed by atoms with Crippen molar-refractivity contribution in [2.45, 2.75) is 44.9 Å². The molecule has 1 saturated carbocycles. The first-order valence-corrected chi connectivity index (χ1v) is 5.84. The summed E-state index contributed by atoms with van der Waals surface area (Å²) in [6.07, 6.45) is 6.66. The second-order valence-electron chi connectivity index (χ2n) is 4.66. The topological polar surface area (TPSA) is 52.0 Å². The maximum atomic E-state index is 5.95. The minimum Gasteiger partial charge on any atom is -0.398 e. The van der Waals surface area contributed by atoms with Crippen molar-refractivity contribution in [3.63, 3.8) is 0 Å². The van der Waals surface area contributed by atoms with E-state index in [9.17, 15) is 0 Å². The van der Waals surface area contributed by atoms with Gasteiger partial charge in [-0.15, -0.1) is 0 Å². The molecule has 0 radical (unpaired) electrons. The zero-order valence-corrected chi connectivity index (χ0v) is 9.42. The SMILES string of the molecule is Cc1c(N)cc(C2CCCCC2)cc1N. The van der Waals surface area contributed by atoms with Crippen LogP contribution in [0.5, 0.6) is 0 Å². The summed E-state index contributed by atoms with van der Waals surface area (Å²) in [4.78, 5) is 0. The zero-order chi connectivity index (χ0) is 10.8. The van der Waals surface area contributed by atoms with Crippen LogP contribution in [0.2, 0.25) is 0 Å². The van der Waals surface area contributed by atoms with E-state index in [2.05, 4.69) is 12.1 Å². The summed E-state index contributed by atoms with van der Waals surface area (Å²) in [7, 11) is 0. The fourth-order valence-corrected chi connectivity index (χ4v) is 2.46. The van der Waals surface area contributed by atoms with Crippen LogP contribution < -0.4 is 11.5 Å². The van der Waals surface area contributed by atoms with Crippen molar-refractivity contribution in [1.29, 1.82) is 0 Å². The molecule has 0 aromatic heterocycles. The van der Waals surface area contributed by atoms with E-state index in [-0.39, 0.29) is 0 Å². The lowest BCUT2D eigenvalue weighted by Crippen LogP contribution is -2.07. The highest BCUT2D eigenvalue weighted by molar-refractivity contribution is 5.63. The Morgan fingerprint density at radius 1 is 1.00 bits per heavy atom. The molecule has 2 rings (SSSR count). The molecule has 0 saturated heterocycles. The molecule has 0 amide bonds. The average Bonchev–Trinajstić information content (AvgIpc) is 2.26. The molecule has 0 heterocycles. The van der Waals surface area contributed by atoms with Crippen LogP contribution in [-0.2, 0) is 0 Å². The van der Waals surface area contributed by atoms with Crippen LogP contribution in [0.15, 0.2) is 12.1 Å². The highest BCUT2D eigenvalue weighted by atomic mass is 14.6. The summed E-state index contributed by atoms with van der Waals surface area (Å²) in [6.45, 7) is 1.98. The fourth-order valence-electron chi connectivity index (χ4n) is 2.46. The lowest BCUT2D eigenvalue weighted by atomic mass is 9.83. The van der Waals surface area contributed by atoms with Gasteiger partial charge in [-0.25, -0.2) is 0 Å². The molecule has 0 atom stereocenters. The lowest BCUT2D eigenvalue weighted by molar-refractivity contribution is 0.444. The number of anilines is 2. The number of nitrogen functional groups attached to an aromatic ring is 2. The molecule has 2 heteroatoms. The molecular formula is C13H20N2. The number of hydrogen-bond acceptors (Lipinski definition) is 2. The maximum absolute atomic E-state index is 5.95. The molecule has 82 valence electrons. The number of rotatable bonds is 1. The first kappa shape index (κ1) is 10.3. The van der Waals surface area contributed by atoms with Gasteiger partial charge in [0.1, 0.15) is 0 Å². The van der Waals surface area contributed by atoms with Gasteiger partial charge >= 0.3 is 0 Å². The normalized spacial score (nSPS) is 17.9. The van der Waals surface area contributed by atoms with Crippen LogP contribution in [0.1, 0.15) is 49.1 Å². The maximum Gasteiger partial charge on any atom is 0.0367 e. The van der Waals surface area contributed by atoms with Crippen molar-refractivity contribution in [1.82, 2.24) is 0 Å². The molecule has 0 aliphatic heterocycles. The number of benzene rings is 1. The van der Waals surface area contributed by atoms with Gasteiger partial charge in [-0.05, 0) is 48.9 Å². The molecule has 1 aliphatic carbocycles. The van der Waals surface area contributed by atoms with E-state index < -0.39 is 0 Å². The Bertz CT molecular complexity index is 329. The van der Waals surface area contributed by atoms with E-state index in [0.717, 1.165) is 16.9 Å². The second kappa shape index (κ2) is 4.13. The Hall–Kier alpha value is -1.18. The predicted molar refractivity (Wildman–Crippen MR) is 65.8 cm³/mol. The van der Waals surface area contributed by atoms with E-state index in [4.69, 9.17) is 11.5 Å². The average molecular weight is 204 g/mol. The molecular weight excluding hydrogens is 184 g/mol. The molecule has 1 aromatic carbocycles. The van der Waals surface area contributed by atoms with E-state index in [1.165, 1.54) is 37.7 Å². The third kappa shape index (κ3) is 2.09. The molecule has 0 spiro atoms. The van der Waals surface area contributed by atoms with Crippen molar-refractivity contribution in [2.24, 2.45) is 0 Å². The van der Waals surface area contributed by atoms with Crippen LogP contribution >= 0.6 is 0 Å². The van der Waals surface area contributed by atoms with Gasteiger partial charge in [0.05, 0.1) is 0 Å². The highest BCUT2D eigenvalue weighted by Gasteiger charge is 2.16. The van der Waals surface area contributed by atoms with Gasteiger partial charge in [0, 0.05) is 11.4 Å². The van der Waals surface area contributed by atoms with E-state index in [1.807, 2.05) is 6.92 Å². The minimum atomic E-state index is 0.684. The second-order valence-corrected chi connectivity index (χ2v) is 4.66. The Balaban J connectivity index is 2.27. The quantitative estimate of drug-likeness (QED) is 0.690. The van der Waals surface area contributed by atoms with E-state index in [0.29, 0.717) is 5.92 Å². The molecule has 1 fully saturated rings. The van der Waals surface area contributed by atoms with Gasteiger partial charge in [0.25, 0.3) is 0 Å². The van der Waals surface area contributed by atoms with Gasteiger partial charge in [-0.2, -0.15) is 0 Å². The summed E-state index contributed by atoms with van der Waals surface area (Å²) < 4.78 is 0. The Kier molecular flexibility index (Phi) is 2.85. The summed E-state index contributed by atoms with van der Waals surface area (Å²) in [5.74, 6) is 0.684. The first-order chi connectivity index (χ1) is 7.18. The Morgan fingerprint density at radius 2 is 1.53 bits per heavy atom. The van der Waals surface area contributed by atoms with Gasteiger partial charge in [-0.3, -0.25) is 0 Å². The zero-order valence-electron chi connectivity index (χ0n) is 9.42. The molecule has 0 unspecified atom stereocenters. The van der Waals surface area contributed by atoms with Crippen LogP contribution in [0.25, 0.3) is 0 Å². The third-order valence-corrected chi connectivity index (χ3v) is 3.59. The van der Waals surface area contributed by atoms with Gasteiger partial charge < -0.3 is 11.5 Å². The number of hydrogen-bond donors (Lipinski definition) is 2.